The molecule has 0 saturated heterocycles. The first-order valence-corrected chi connectivity index (χ1v) is 6.54. The van der Waals surface area contributed by atoms with Crippen molar-refractivity contribution in [3.8, 4) is 5.75 Å². The number of amides is 1. The van der Waals surface area contributed by atoms with Gasteiger partial charge in [-0.3, -0.25) is 4.79 Å². The molecule has 1 aromatic carbocycles. The molecule has 1 aromatic rings. The van der Waals surface area contributed by atoms with Crippen molar-refractivity contribution >= 4 is 17.6 Å². The first-order chi connectivity index (χ1) is 9.58. The zero-order valence-corrected chi connectivity index (χ0v) is 11.8. The number of ether oxygens (including phenoxy) is 2. The second kappa shape index (κ2) is 8.04. The second-order valence-corrected chi connectivity index (χ2v) is 4.03. The van der Waals surface area contributed by atoms with Gasteiger partial charge in [0.2, 0.25) is 5.91 Å². The van der Waals surface area contributed by atoms with Crippen molar-refractivity contribution in [3.63, 3.8) is 0 Å². The van der Waals surface area contributed by atoms with Crippen LogP contribution in [0.5, 0.6) is 5.75 Å². The molecule has 0 spiro atoms. The molecule has 0 atom stereocenters. The van der Waals surface area contributed by atoms with Crippen LogP contribution in [0.1, 0.15) is 30.6 Å². The topological polar surface area (TPSA) is 90.6 Å². The Morgan fingerprint density at radius 2 is 2.05 bits per heavy atom. The zero-order valence-electron chi connectivity index (χ0n) is 11.8. The van der Waals surface area contributed by atoms with Crippen LogP contribution in [0, 0.1) is 0 Å². The zero-order chi connectivity index (χ0) is 15.0. The number of benzene rings is 1. The summed E-state index contributed by atoms with van der Waals surface area (Å²) in [5.74, 6) is -0.226. The van der Waals surface area contributed by atoms with Gasteiger partial charge >= 0.3 is 5.97 Å². The number of esters is 1. The highest BCUT2D eigenvalue weighted by Gasteiger charge is 2.14. The number of carbonyl (C=O) groups excluding carboxylic acids is 2. The average Bonchev–Trinajstić information content (AvgIpc) is 2.41. The van der Waals surface area contributed by atoms with Crippen LogP contribution in [0.25, 0.3) is 0 Å². The molecule has 3 N–H and O–H groups in total. The van der Waals surface area contributed by atoms with Crippen LogP contribution in [0.2, 0.25) is 0 Å². The maximum absolute atomic E-state index is 11.8. The number of nitrogens with two attached hydrogens (primary N) is 1. The summed E-state index contributed by atoms with van der Waals surface area (Å²) in [5, 5.41) is 2.67. The van der Waals surface area contributed by atoms with Crippen molar-refractivity contribution in [2.45, 2.75) is 20.3 Å². The third kappa shape index (κ3) is 4.79. The first-order valence-electron chi connectivity index (χ1n) is 6.54. The number of hydrogen-bond donors (Lipinski definition) is 2. The predicted molar refractivity (Wildman–Crippen MR) is 75.6 cm³/mol. The minimum atomic E-state index is -0.493. The number of nitrogen functional groups attached to an aromatic ring is 1. The molecule has 6 heteroatoms. The van der Waals surface area contributed by atoms with E-state index in [1.165, 1.54) is 6.07 Å². The van der Waals surface area contributed by atoms with Crippen LogP contribution in [-0.2, 0) is 9.53 Å². The Balaban J connectivity index is 2.69. The van der Waals surface area contributed by atoms with Crippen LogP contribution in [0.3, 0.4) is 0 Å². The van der Waals surface area contributed by atoms with Gasteiger partial charge in [-0.1, -0.05) is 0 Å². The van der Waals surface area contributed by atoms with Gasteiger partial charge in [0.15, 0.2) is 0 Å². The monoisotopic (exact) mass is 280 g/mol. The van der Waals surface area contributed by atoms with E-state index in [0.29, 0.717) is 18.0 Å². The molecular formula is C14H20N2O4. The standard InChI is InChI=1S/C14H20N2O4/c1-3-16-13(17)7-8-20-12-6-5-10(15)9-11(12)14(18)19-4-2/h5-6,9H,3-4,7-8,15H2,1-2H3,(H,16,17). The number of carbonyl (C=O) groups is 2. The van der Waals surface area contributed by atoms with Crippen molar-refractivity contribution in [3.05, 3.63) is 23.8 Å². The van der Waals surface area contributed by atoms with Gasteiger partial charge in [-0.15, -0.1) is 0 Å². The van der Waals surface area contributed by atoms with E-state index < -0.39 is 5.97 Å². The Bertz CT molecular complexity index is 474. The Kier molecular flexibility index (Phi) is 6.36. The molecule has 1 amide bonds. The summed E-state index contributed by atoms with van der Waals surface area (Å²) >= 11 is 0. The summed E-state index contributed by atoms with van der Waals surface area (Å²) in [6.45, 7) is 4.60. The number of hydrogen-bond acceptors (Lipinski definition) is 5. The van der Waals surface area contributed by atoms with E-state index >= 15 is 0 Å². The Labute approximate surface area is 118 Å². The molecule has 0 radical (unpaired) electrons. The Morgan fingerprint density at radius 3 is 2.70 bits per heavy atom. The van der Waals surface area contributed by atoms with Gasteiger partial charge in [-0.25, -0.2) is 4.79 Å². The van der Waals surface area contributed by atoms with Crippen molar-refractivity contribution < 1.29 is 19.1 Å². The summed E-state index contributed by atoms with van der Waals surface area (Å²) in [6.07, 6.45) is 0.223. The SMILES string of the molecule is CCNC(=O)CCOc1ccc(N)cc1C(=O)OCC. The summed E-state index contributed by atoms with van der Waals surface area (Å²) in [5.41, 5.74) is 6.37. The van der Waals surface area contributed by atoms with Crippen LogP contribution in [-0.4, -0.2) is 31.6 Å². The van der Waals surface area contributed by atoms with Gasteiger partial charge < -0.3 is 20.5 Å². The molecule has 0 aromatic heterocycles. The third-order valence-corrected chi connectivity index (χ3v) is 2.46. The van der Waals surface area contributed by atoms with Gasteiger partial charge in [0, 0.05) is 12.2 Å². The molecule has 0 unspecified atom stereocenters. The van der Waals surface area contributed by atoms with E-state index in [-0.39, 0.29) is 31.1 Å². The molecule has 0 fully saturated rings. The van der Waals surface area contributed by atoms with Crippen molar-refractivity contribution in [1.82, 2.24) is 5.32 Å². The fraction of sp³-hybridized carbons (Fsp3) is 0.429. The van der Waals surface area contributed by atoms with Crippen molar-refractivity contribution in [2.75, 3.05) is 25.5 Å². The molecule has 0 aliphatic heterocycles. The van der Waals surface area contributed by atoms with Gasteiger partial charge in [-0.2, -0.15) is 0 Å². The molecule has 0 heterocycles. The van der Waals surface area contributed by atoms with Gasteiger partial charge in [0.25, 0.3) is 0 Å². The molecule has 0 aliphatic rings. The fourth-order valence-electron chi connectivity index (χ4n) is 1.58. The molecule has 0 aliphatic carbocycles. The summed E-state index contributed by atoms with van der Waals surface area (Å²) < 4.78 is 10.4. The highest BCUT2D eigenvalue weighted by Crippen LogP contribution is 2.22. The van der Waals surface area contributed by atoms with E-state index in [9.17, 15) is 9.59 Å². The molecule has 110 valence electrons. The van der Waals surface area contributed by atoms with E-state index in [0.717, 1.165) is 0 Å². The third-order valence-electron chi connectivity index (χ3n) is 2.46. The van der Waals surface area contributed by atoms with Crippen molar-refractivity contribution in [1.29, 1.82) is 0 Å². The molecule has 6 nitrogen and oxygen atoms in total. The van der Waals surface area contributed by atoms with Gasteiger partial charge in [0.05, 0.1) is 19.6 Å². The van der Waals surface area contributed by atoms with Crippen LogP contribution in [0.15, 0.2) is 18.2 Å². The molecule has 0 bridgehead atoms. The lowest BCUT2D eigenvalue weighted by Crippen LogP contribution is -2.24. The number of nitrogens with one attached hydrogen (secondary N) is 1. The lowest BCUT2D eigenvalue weighted by Gasteiger charge is -2.11. The van der Waals surface area contributed by atoms with E-state index in [1.54, 1.807) is 19.1 Å². The average molecular weight is 280 g/mol. The highest BCUT2D eigenvalue weighted by molar-refractivity contribution is 5.93. The van der Waals surface area contributed by atoms with E-state index in [4.69, 9.17) is 15.2 Å². The number of rotatable bonds is 7. The van der Waals surface area contributed by atoms with Gasteiger partial charge in [-0.05, 0) is 32.0 Å². The lowest BCUT2D eigenvalue weighted by atomic mass is 10.2. The maximum atomic E-state index is 11.8. The summed E-state index contributed by atoms with van der Waals surface area (Å²) in [4.78, 5) is 23.1. The predicted octanol–water partition coefficient (Wildman–Crippen LogP) is 1.35. The highest BCUT2D eigenvalue weighted by atomic mass is 16.5. The molecule has 0 saturated carbocycles. The normalized spacial score (nSPS) is 9.90. The molecular weight excluding hydrogens is 260 g/mol. The van der Waals surface area contributed by atoms with Crippen LogP contribution < -0.4 is 15.8 Å². The van der Waals surface area contributed by atoms with E-state index in [1.807, 2.05) is 6.92 Å². The molecule has 20 heavy (non-hydrogen) atoms. The quantitative estimate of drug-likeness (QED) is 0.581. The Hall–Kier alpha value is -2.24. The van der Waals surface area contributed by atoms with Gasteiger partial charge in [0.1, 0.15) is 11.3 Å². The smallest absolute Gasteiger partial charge is 0.341 e. The van der Waals surface area contributed by atoms with Crippen molar-refractivity contribution in [2.24, 2.45) is 0 Å². The minimum Gasteiger partial charge on any atom is -0.492 e. The summed E-state index contributed by atoms with van der Waals surface area (Å²) in [7, 11) is 0. The maximum Gasteiger partial charge on any atom is 0.341 e. The minimum absolute atomic E-state index is 0.0966. The van der Waals surface area contributed by atoms with E-state index in [2.05, 4.69) is 5.32 Å². The fourth-order valence-corrected chi connectivity index (χ4v) is 1.58. The number of anilines is 1. The second-order valence-electron chi connectivity index (χ2n) is 4.03. The lowest BCUT2D eigenvalue weighted by molar-refractivity contribution is -0.121. The molecule has 1 rings (SSSR count). The van der Waals surface area contributed by atoms with Crippen LogP contribution in [0.4, 0.5) is 5.69 Å². The van der Waals surface area contributed by atoms with Crippen LogP contribution >= 0.6 is 0 Å². The summed E-state index contributed by atoms with van der Waals surface area (Å²) in [6, 6.07) is 4.73. The first kappa shape index (κ1) is 15.8. The largest absolute Gasteiger partial charge is 0.492 e. The Morgan fingerprint density at radius 1 is 1.30 bits per heavy atom.